The molecule has 0 fully saturated rings. The molecule has 2 aromatic carbocycles. The van der Waals surface area contributed by atoms with Crippen molar-refractivity contribution in [1.82, 2.24) is 9.71 Å². The largest absolute Gasteiger partial charge is 0.486 e. The molecular weight excluding hydrogens is 474 g/mol. The molecule has 1 aliphatic rings. The molecule has 2 heterocycles. The summed E-state index contributed by atoms with van der Waals surface area (Å²) in [5, 5.41) is 5.08. The maximum absolute atomic E-state index is 12.6. The number of nitrogens with one attached hydrogen (secondary N) is 2. The number of ether oxygens (including phenoxy) is 2. The highest BCUT2D eigenvalue weighted by atomic mass is 32.2. The van der Waals surface area contributed by atoms with Gasteiger partial charge in [0.25, 0.3) is 0 Å². The van der Waals surface area contributed by atoms with Gasteiger partial charge in [-0.3, -0.25) is 4.79 Å². The van der Waals surface area contributed by atoms with Gasteiger partial charge in [-0.15, -0.1) is 11.3 Å². The predicted octanol–water partition coefficient (Wildman–Crippen LogP) is 4.19. The fourth-order valence-electron chi connectivity index (χ4n) is 3.36. The van der Waals surface area contributed by atoms with E-state index in [2.05, 4.69) is 47.9 Å². The van der Waals surface area contributed by atoms with Crippen LogP contribution in [0, 0.1) is 0 Å². The molecule has 2 N–H and O–H groups in total. The van der Waals surface area contributed by atoms with Crippen molar-refractivity contribution in [3.8, 4) is 22.8 Å². The van der Waals surface area contributed by atoms with Gasteiger partial charge in [-0.2, -0.15) is 0 Å². The van der Waals surface area contributed by atoms with E-state index in [-0.39, 0.29) is 29.2 Å². The number of carbonyl (C=O) groups is 1. The van der Waals surface area contributed by atoms with Gasteiger partial charge >= 0.3 is 0 Å². The number of carbonyl (C=O) groups excluding carboxylic acids is 1. The van der Waals surface area contributed by atoms with E-state index in [9.17, 15) is 13.2 Å². The second-order valence-electron chi connectivity index (χ2n) is 8.87. The third kappa shape index (κ3) is 5.75. The van der Waals surface area contributed by atoms with Gasteiger partial charge in [0, 0.05) is 30.0 Å². The number of rotatable bonds is 7. The number of benzene rings is 2. The lowest BCUT2D eigenvalue weighted by Crippen LogP contribution is -2.28. The van der Waals surface area contributed by atoms with E-state index in [1.807, 2.05) is 17.5 Å². The number of sulfonamides is 1. The lowest BCUT2D eigenvalue weighted by atomic mass is 9.86. The van der Waals surface area contributed by atoms with Gasteiger partial charge in [0.05, 0.1) is 10.6 Å². The Morgan fingerprint density at radius 1 is 1.06 bits per heavy atom. The zero-order chi connectivity index (χ0) is 24.3. The van der Waals surface area contributed by atoms with Crippen molar-refractivity contribution in [1.29, 1.82) is 0 Å². The van der Waals surface area contributed by atoms with Crippen LogP contribution in [0.2, 0.25) is 0 Å². The normalized spacial score (nSPS) is 13.5. The minimum Gasteiger partial charge on any atom is -0.486 e. The van der Waals surface area contributed by atoms with Crippen LogP contribution in [0.5, 0.6) is 11.5 Å². The summed E-state index contributed by atoms with van der Waals surface area (Å²) in [6.45, 7) is 7.23. The van der Waals surface area contributed by atoms with Crippen LogP contribution >= 0.6 is 11.3 Å². The first-order chi connectivity index (χ1) is 16.1. The molecule has 8 nitrogen and oxygen atoms in total. The van der Waals surface area contributed by atoms with Crippen LogP contribution in [0.25, 0.3) is 11.3 Å². The summed E-state index contributed by atoms with van der Waals surface area (Å²) in [5.41, 5.74) is 3.05. The molecule has 1 aliphatic heterocycles. The Bertz CT molecular complexity index is 1280. The molecule has 180 valence electrons. The van der Waals surface area contributed by atoms with E-state index in [0.29, 0.717) is 29.8 Å². The monoisotopic (exact) mass is 501 g/mol. The molecule has 0 saturated heterocycles. The number of hydrogen-bond donors (Lipinski definition) is 2. The second kappa shape index (κ2) is 9.73. The average Bonchev–Trinajstić information content (AvgIpc) is 3.26. The number of aromatic nitrogens is 1. The van der Waals surface area contributed by atoms with Gasteiger partial charge in [0.2, 0.25) is 15.9 Å². The highest BCUT2D eigenvalue weighted by molar-refractivity contribution is 7.89. The van der Waals surface area contributed by atoms with E-state index in [1.54, 1.807) is 6.07 Å². The van der Waals surface area contributed by atoms with E-state index in [0.717, 1.165) is 11.3 Å². The van der Waals surface area contributed by atoms with Crippen molar-refractivity contribution in [2.75, 3.05) is 25.1 Å². The van der Waals surface area contributed by atoms with Crippen LogP contribution in [0.1, 0.15) is 32.8 Å². The fraction of sp³-hybridized carbons (Fsp3) is 0.333. The van der Waals surface area contributed by atoms with Crippen LogP contribution in [0.3, 0.4) is 0 Å². The SMILES string of the molecule is CC(C)(C)c1ccc(-c2csc(NC(=O)CCNS(=O)(=O)c3ccc4c(c3)OCCO4)n2)cc1. The van der Waals surface area contributed by atoms with Crippen molar-refractivity contribution in [3.05, 3.63) is 53.4 Å². The molecule has 0 atom stereocenters. The first-order valence-corrected chi connectivity index (χ1v) is 13.2. The van der Waals surface area contributed by atoms with E-state index >= 15 is 0 Å². The zero-order valence-electron chi connectivity index (χ0n) is 19.3. The van der Waals surface area contributed by atoms with Crippen LogP contribution in [0.4, 0.5) is 5.13 Å². The zero-order valence-corrected chi connectivity index (χ0v) is 20.9. The minimum absolute atomic E-state index is 0.0288. The predicted molar refractivity (Wildman–Crippen MR) is 132 cm³/mol. The van der Waals surface area contributed by atoms with Gasteiger partial charge < -0.3 is 14.8 Å². The molecule has 0 saturated carbocycles. The summed E-state index contributed by atoms with van der Waals surface area (Å²) in [6.07, 6.45) is -0.0288. The first kappa shape index (κ1) is 24.2. The van der Waals surface area contributed by atoms with Crippen molar-refractivity contribution >= 4 is 32.4 Å². The summed E-state index contributed by atoms with van der Waals surface area (Å²) < 4.78 is 38.4. The first-order valence-electron chi connectivity index (χ1n) is 10.9. The third-order valence-electron chi connectivity index (χ3n) is 5.27. The average molecular weight is 502 g/mol. The smallest absolute Gasteiger partial charge is 0.240 e. The Kier molecular flexibility index (Phi) is 6.92. The highest BCUT2D eigenvalue weighted by Gasteiger charge is 2.20. The molecule has 0 unspecified atom stereocenters. The molecule has 1 amide bonds. The van der Waals surface area contributed by atoms with Crippen molar-refractivity contribution in [2.24, 2.45) is 0 Å². The van der Waals surface area contributed by atoms with Crippen molar-refractivity contribution in [3.63, 3.8) is 0 Å². The van der Waals surface area contributed by atoms with E-state index in [1.165, 1.54) is 29.0 Å². The Hall–Kier alpha value is -2.95. The van der Waals surface area contributed by atoms with E-state index < -0.39 is 10.0 Å². The van der Waals surface area contributed by atoms with Gasteiger partial charge in [-0.05, 0) is 23.1 Å². The summed E-state index contributed by atoms with van der Waals surface area (Å²) >= 11 is 1.32. The molecular formula is C24H27N3O5S2. The van der Waals surface area contributed by atoms with Gasteiger partial charge in [-0.1, -0.05) is 45.0 Å². The van der Waals surface area contributed by atoms with Crippen LogP contribution in [-0.4, -0.2) is 39.1 Å². The Labute approximate surface area is 203 Å². The van der Waals surface area contributed by atoms with Crippen molar-refractivity contribution in [2.45, 2.75) is 37.5 Å². The van der Waals surface area contributed by atoms with Crippen molar-refractivity contribution < 1.29 is 22.7 Å². The molecule has 0 aliphatic carbocycles. The van der Waals surface area contributed by atoms with Gasteiger partial charge in [0.15, 0.2) is 16.6 Å². The summed E-state index contributed by atoms with van der Waals surface area (Å²) in [4.78, 5) is 16.8. The molecule has 1 aromatic heterocycles. The summed E-state index contributed by atoms with van der Waals surface area (Å²) in [6, 6.07) is 12.6. The number of anilines is 1. The maximum atomic E-state index is 12.6. The third-order valence-corrected chi connectivity index (χ3v) is 7.48. The molecule has 10 heteroatoms. The van der Waals surface area contributed by atoms with Crippen LogP contribution in [0.15, 0.2) is 52.7 Å². The van der Waals surface area contributed by atoms with Gasteiger partial charge in [0.1, 0.15) is 13.2 Å². The Balaban J connectivity index is 1.30. The quantitative estimate of drug-likeness (QED) is 0.503. The number of hydrogen-bond acceptors (Lipinski definition) is 7. The minimum atomic E-state index is -3.79. The molecule has 4 rings (SSSR count). The molecule has 3 aromatic rings. The van der Waals surface area contributed by atoms with Gasteiger partial charge in [-0.25, -0.2) is 18.1 Å². The fourth-order valence-corrected chi connectivity index (χ4v) is 5.14. The summed E-state index contributed by atoms with van der Waals surface area (Å²) in [5.74, 6) is 0.575. The molecule has 0 bridgehead atoms. The highest BCUT2D eigenvalue weighted by Crippen LogP contribution is 2.32. The number of thiazole rings is 1. The maximum Gasteiger partial charge on any atom is 0.240 e. The lowest BCUT2D eigenvalue weighted by molar-refractivity contribution is -0.116. The Morgan fingerprint density at radius 2 is 1.76 bits per heavy atom. The topological polar surface area (TPSA) is 107 Å². The molecule has 34 heavy (non-hydrogen) atoms. The van der Waals surface area contributed by atoms with Crippen LogP contribution < -0.4 is 19.5 Å². The lowest BCUT2D eigenvalue weighted by Gasteiger charge is -2.18. The molecule has 0 spiro atoms. The number of fused-ring (bicyclic) bond motifs is 1. The summed E-state index contributed by atoms with van der Waals surface area (Å²) in [7, 11) is -3.79. The van der Waals surface area contributed by atoms with Crippen LogP contribution in [-0.2, 0) is 20.2 Å². The standard InChI is InChI=1S/C24H27N3O5S2/c1-24(2,3)17-6-4-16(5-7-17)19-15-33-23(26-19)27-22(28)10-11-25-34(29,30)18-8-9-20-21(14-18)32-13-12-31-20/h4-9,14-15,25H,10-13H2,1-3H3,(H,26,27,28). The number of nitrogens with zero attached hydrogens (tertiary/aromatic N) is 1. The number of amides is 1. The second-order valence-corrected chi connectivity index (χ2v) is 11.5. The molecule has 0 radical (unpaired) electrons. The Morgan fingerprint density at radius 3 is 2.47 bits per heavy atom. The van der Waals surface area contributed by atoms with E-state index in [4.69, 9.17) is 9.47 Å².